The van der Waals surface area contributed by atoms with Crippen LogP contribution in [-0.4, -0.2) is 6.61 Å². The molecule has 0 aliphatic carbocycles. The second-order valence-corrected chi connectivity index (χ2v) is 6.74. The zero-order chi connectivity index (χ0) is 14.3. The number of nitrogens with two attached hydrogens (primary N) is 1. The van der Waals surface area contributed by atoms with Crippen LogP contribution in [0.2, 0.25) is 10.0 Å². The van der Waals surface area contributed by atoms with E-state index in [9.17, 15) is 0 Å². The van der Waals surface area contributed by atoms with Gasteiger partial charge in [-0.3, -0.25) is 0 Å². The van der Waals surface area contributed by atoms with Crippen molar-refractivity contribution in [2.24, 2.45) is 5.73 Å². The van der Waals surface area contributed by atoms with Crippen LogP contribution < -0.4 is 10.5 Å². The fourth-order valence-electron chi connectivity index (χ4n) is 2.41. The van der Waals surface area contributed by atoms with Crippen molar-refractivity contribution in [2.45, 2.75) is 12.5 Å². The Hall–Kier alpha value is -0.490. The first-order valence-corrected chi connectivity index (χ1v) is 8.05. The molecule has 0 radical (unpaired) electrons. The van der Waals surface area contributed by atoms with Crippen molar-refractivity contribution in [1.82, 2.24) is 0 Å². The van der Waals surface area contributed by atoms with Gasteiger partial charge in [-0.2, -0.15) is 0 Å². The van der Waals surface area contributed by atoms with Gasteiger partial charge < -0.3 is 10.5 Å². The van der Waals surface area contributed by atoms with Crippen molar-refractivity contribution in [3.8, 4) is 5.75 Å². The summed E-state index contributed by atoms with van der Waals surface area (Å²) in [7, 11) is 0. The molecule has 0 saturated heterocycles. The third kappa shape index (κ3) is 2.64. The van der Waals surface area contributed by atoms with E-state index >= 15 is 0 Å². The van der Waals surface area contributed by atoms with Crippen molar-refractivity contribution in [3.05, 3.63) is 60.6 Å². The first-order chi connectivity index (χ1) is 9.56. The topological polar surface area (TPSA) is 35.2 Å². The number of fused-ring (bicyclic) bond motifs is 1. The van der Waals surface area contributed by atoms with Gasteiger partial charge in [0.1, 0.15) is 5.75 Å². The van der Waals surface area contributed by atoms with Gasteiger partial charge in [0.15, 0.2) is 0 Å². The van der Waals surface area contributed by atoms with E-state index in [1.165, 1.54) is 0 Å². The minimum absolute atomic E-state index is 0.296. The van der Waals surface area contributed by atoms with Crippen LogP contribution in [0.4, 0.5) is 0 Å². The predicted octanol–water partition coefficient (Wildman–Crippen LogP) is 4.58. The van der Waals surface area contributed by atoms with Crippen LogP contribution in [-0.2, 0) is 6.42 Å². The maximum Gasteiger partial charge on any atom is 0.127 e. The number of benzene rings is 2. The van der Waals surface area contributed by atoms with Gasteiger partial charge in [-0.25, -0.2) is 0 Å². The molecule has 2 aromatic carbocycles. The lowest BCUT2D eigenvalue weighted by atomic mass is 9.96. The Balaban J connectivity index is 2.06. The predicted molar refractivity (Wildman–Crippen MR) is 90.9 cm³/mol. The first kappa shape index (κ1) is 14.4. The molecule has 1 heterocycles. The Kier molecular flexibility index (Phi) is 4.13. The average Bonchev–Trinajstić information content (AvgIpc) is 2.88. The van der Waals surface area contributed by atoms with Crippen LogP contribution >= 0.6 is 45.8 Å². The zero-order valence-corrected chi connectivity index (χ0v) is 14.2. The molecule has 2 aromatic rings. The Labute approximate surface area is 141 Å². The molecule has 2 nitrogen and oxygen atoms in total. The molecular formula is C15H12Cl2INO. The average molecular weight is 420 g/mol. The van der Waals surface area contributed by atoms with E-state index in [-0.39, 0.29) is 6.04 Å². The molecule has 0 bridgehead atoms. The summed E-state index contributed by atoms with van der Waals surface area (Å²) in [5.41, 5.74) is 9.37. The Morgan fingerprint density at radius 2 is 2.00 bits per heavy atom. The maximum atomic E-state index is 6.38. The molecule has 0 spiro atoms. The SMILES string of the molecule is NC(c1ccc(I)c(Cl)c1)c1cc(Cl)cc2c1OCC2. The highest BCUT2D eigenvalue weighted by atomic mass is 127. The third-order valence-corrected chi connectivity index (χ3v) is 5.21. The molecule has 2 N–H and O–H groups in total. The number of ether oxygens (including phenoxy) is 1. The summed E-state index contributed by atoms with van der Waals surface area (Å²) >= 11 is 14.5. The van der Waals surface area contributed by atoms with Crippen LogP contribution in [0.5, 0.6) is 5.75 Å². The van der Waals surface area contributed by atoms with Gasteiger partial charge in [-0.05, 0) is 58.0 Å². The van der Waals surface area contributed by atoms with E-state index in [0.29, 0.717) is 16.7 Å². The van der Waals surface area contributed by atoms with Gasteiger partial charge in [-0.15, -0.1) is 0 Å². The van der Waals surface area contributed by atoms with Crippen LogP contribution in [0.3, 0.4) is 0 Å². The summed E-state index contributed by atoms with van der Waals surface area (Å²) in [6.45, 7) is 0.683. The fourth-order valence-corrected chi connectivity index (χ4v) is 3.19. The molecule has 0 fully saturated rings. The minimum Gasteiger partial charge on any atom is -0.493 e. The Bertz CT molecular complexity index is 675. The van der Waals surface area contributed by atoms with Gasteiger partial charge in [0.05, 0.1) is 17.7 Å². The standard InChI is InChI=1S/C15H12Cl2INO/c16-10-5-9-3-4-20-15(9)11(7-10)14(19)8-1-2-13(18)12(17)6-8/h1-2,5-7,14H,3-4,19H2. The molecule has 1 aliphatic heterocycles. The van der Waals surface area contributed by atoms with Gasteiger partial charge in [0.25, 0.3) is 0 Å². The van der Waals surface area contributed by atoms with Crippen molar-refractivity contribution < 1.29 is 4.74 Å². The lowest BCUT2D eigenvalue weighted by Crippen LogP contribution is -2.13. The first-order valence-electron chi connectivity index (χ1n) is 6.22. The summed E-state index contributed by atoms with van der Waals surface area (Å²) in [6.07, 6.45) is 0.878. The van der Waals surface area contributed by atoms with Crippen LogP contribution in [0, 0.1) is 3.57 Å². The van der Waals surface area contributed by atoms with Gasteiger partial charge >= 0.3 is 0 Å². The molecule has 1 unspecified atom stereocenters. The van der Waals surface area contributed by atoms with E-state index in [1.807, 2.05) is 30.3 Å². The van der Waals surface area contributed by atoms with Crippen LogP contribution in [0.1, 0.15) is 22.7 Å². The molecule has 3 rings (SSSR count). The largest absolute Gasteiger partial charge is 0.493 e. The number of hydrogen-bond acceptors (Lipinski definition) is 2. The van der Waals surface area contributed by atoms with Crippen molar-refractivity contribution in [1.29, 1.82) is 0 Å². The Morgan fingerprint density at radius 1 is 1.20 bits per heavy atom. The van der Waals surface area contributed by atoms with Crippen molar-refractivity contribution in [3.63, 3.8) is 0 Å². The molecule has 1 atom stereocenters. The van der Waals surface area contributed by atoms with Gasteiger partial charge in [0, 0.05) is 20.6 Å². The summed E-state index contributed by atoms with van der Waals surface area (Å²) in [5.74, 6) is 0.872. The second kappa shape index (κ2) is 5.72. The normalized spacial score (nSPS) is 14.8. The van der Waals surface area contributed by atoms with Gasteiger partial charge in [0.2, 0.25) is 0 Å². The molecular weight excluding hydrogens is 408 g/mol. The molecule has 0 saturated carbocycles. The lowest BCUT2D eigenvalue weighted by molar-refractivity contribution is 0.352. The second-order valence-electron chi connectivity index (χ2n) is 4.73. The summed E-state index contributed by atoms with van der Waals surface area (Å²) < 4.78 is 6.72. The number of halogens is 3. The quantitative estimate of drug-likeness (QED) is 0.723. The van der Waals surface area contributed by atoms with E-state index in [0.717, 1.165) is 32.4 Å². The van der Waals surface area contributed by atoms with E-state index in [1.54, 1.807) is 0 Å². The van der Waals surface area contributed by atoms with E-state index < -0.39 is 0 Å². The number of rotatable bonds is 2. The monoisotopic (exact) mass is 419 g/mol. The van der Waals surface area contributed by atoms with E-state index in [4.69, 9.17) is 33.7 Å². The number of hydrogen-bond donors (Lipinski definition) is 1. The summed E-state index contributed by atoms with van der Waals surface area (Å²) in [6, 6.07) is 9.37. The zero-order valence-electron chi connectivity index (χ0n) is 10.5. The molecule has 0 aromatic heterocycles. The molecule has 1 aliphatic rings. The molecule has 104 valence electrons. The highest BCUT2D eigenvalue weighted by Gasteiger charge is 2.22. The van der Waals surface area contributed by atoms with Crippen LogP contribution in [0.15, 0.2) is 30.3 Å². The minimum atomic E-state index is -0.296. The van der Waals surface area contributed by atoms with Gasteiger partial charge in [-0.1, -0.05) is 29.3 Å². The van der Waals surface area contributed by atoms with Crippen molar-refractivity contribution in [2.75, 3.05) is 6.61 Å². The fraction of sp³-hybridized carbons (Fsp3) is 0.200. The molecule has 0 amide bonds. The maximum absolute atomic E-state index is 6.38. The smallest absolute Gasteiger partial charge is 0.127 e. The lowest BCUT2D eigenvalue weighted by Gasteiger charge is -2.17. The summed E-state index contributed by atoms with van der Waals surface area (Å²) in [4.78, 5) is 0. The highest BCUT2D eigenvalue weighted by molar-refractivity contribution is 14.1. The molecule has 5 heteroatoms. The highest BCUT2D eigenvalue weighted by Crippen LogP contribution is 2.38. The van der Waals surface area contributed by atoms with Crippen molar-refractivity contribution >= 4 is 45.8 Å². The summed E-state index contributed by atoms with van der Waals surface area (Å²) in [5, 5.41) is 1.40. The Morgan fingerprint density at radius 3 is 2.75 bits per heavy atom. The van der Waals surface area contributed by atoms with E-state index in [2.05, 4.69) is 22.6 Å². The van der Waals surface area contributed by atoms with Crippen LogP contribution in [0.25, 0.3) is 0 Å². The third-order valence-electron chi connectivity index (χ3n) is 3.41. The molecule has 20 heavy (non-hydrogen) atoms.